The Morgan fingerprint density at radius 2 is 1.73 bits per heavy atom. The first-order valence-electron chi connectivity index (χ1n) is 12.7. The van der Waals surface area contributed by atoms with Crippen LogP contribution in [-0.2, 0) is 6.61 Å². The molecule has 1 heterocycles. The number of nitrogens with zero attached hydrogens (tertiary/aromatic N) is 2. The molecule has 5 rings (SSSR count). The number of benzene rings is 4. The van der Waals surface area contributed by atoms with Gasteiger partial charge >= 0.3 is 0 Å². The molecule has 4 aromatic carbocycles. The van der Waals surface area contributed by atoms with Crippen LogP contribution in [0.2, 0.25) is 10.0 Å². The van der Waals surface area contributed by atoms with Gasteiger partial charge in [0.05, 0.1) is 44.1 Å². The van der Waals surface area contributed by atoms with Gasteiger partial charge in [0.2, 0.25) is 0 Å². The summed E-state index contributed by atoms with van der Waals surface area (Å²) in [4.78, 5) is 18.0. The molecule has 1 N–H and O–H groups in total. The fraction of sp³-hybridized carbons (Fsp3) is 0.0938. The molecule has 9 heteroatoms. The molecule has 0 atom stereocenters. The second-order valence-electron chi connectivity index (χ2n) is 8.94. The summed E-state index contributed by atoms with van der Waals surface area (Å²) in [6, 6.07) is 28.0. The minimum atomic E-state index is -0.345. The van der Waals surface area contributed by atoms with Gasteiger partial charge in [0, 0.05) is 10.9 Å². The first kappa shape index (κ1) is 28.6. The van der Waals surface area contributed by atoms with Crippen LogP contribution in [0, 0.1) is 0 Å². The van der Waals surface area contributed by atoms with Gasteiger partial charge in [-0.05, 0) is 70.4 Å². The number of aromatic nitrogens is 1. The zero-order chi connectivity index (χ0) is 28.8. The van der Waals surface area contributed by atoms with Crippen LogP contribution < -0.4 is 14.9 Å². The number of rotatable bonds is 9. The largest absolute Gasteiger partial charge is 0.490 e. The molecule has 0 aliphatic heterocycles. The summed E-state index contributed by atoms with van der Waals surface area (Å²) in [5.74, 6) is 0.723. The Morgan fingerprint density at radius 3 is 2.51 bits per heavy atom. The maximum Gasteiger partial charge on any atom is 0.272 e. The maximum atomic E-state index is 13.3. The number of amides is 1. The standard InChI is InChI=1S/C32H24BrCl2N3O3/c1-2-40-30-16-21(14-25(33)31(30)41-19-20-12-13-26(34)27(35)15-20)18-36-38-32(39)24-17-29(22-8-4-3-5-9-22)37-28-11-7-6-10-23(24)28/h3-18H,2,19H2,1H3,(H,38,39)/b36-18-. The molecule has 0 saturated heterocycles. The van der Waals surface area contributed by atoms with E-state index in [9.17, 15) is 4.79 Å². The van der Waals surface area contributed by atoms with Gasteiger partial charge in [0.25, 0.3) is 5.91 Å². The predicted octanol–water partition coefficient (Wildman–Crippen LogP) is 8.71. The number of fused-ring (bicyclic) bond motifs is 1. The van der Waals surface area contributed by atoms with Crippen LogP contribution in [0.1, 0.15) is 28.4 Å². The Balaban J connectivity index is 1.36. The van der Waals surface area contributed by atoms with Crippen molar-refractivity contribution in [1.82, 2.24) is 10.4 Å². The summed E-state index contributed by atoms with van der Waals surface area (Å²) < 4.78 is 12.6. The van der Waals surface area contributed by atoms with Crippen LogP contribution in [0.25, 0.3) is 22.2 Å². The van der Waals surface area contributed by atoms with Crippen molar-refractivity contribution in [1.29, 1.82) is 0 Å². The minimum Gasteiger partial charge on any atom is -0.490 e. The van der Waals surface area contributed by atoms with Crippen LogP contribution in [0.5, 0.6) is 11.5 Å². The topological polar surface area (TPSA) is 72.8 Å². The van der Waals surface area contributed by atoms with Crippen molar-refractivity contribution in [3.63, 3.8) is 0 Å². The van der Waals surface area contributed by atoms with Crippen molar-refractivity contribution in [2.24, 2.45) is 5.10 Å². The number of hydrogen-bond donors (Lipinski definition) is 1. The quantitative estimate of drug-likeness (QED) is 0.128. The number of hydrazone groups is 1. The number of pyridine rings is 1. The molecule has 0 aliphatic rings. The first-order chi connectivity index (χ1) is 19.9. The Hall–Kier alpha value is -3.91. The van der Waals surface area contributed by atoms with Gasteiger partial charge in [-0.2, -0.15) is 5.10 Å². The van der Waals surface area contributed by atoms with Gasteiger partial charge in [0.1, 0.15) is 6.61 Å². The first-order valence-corrected chi connectivity index (χ1v) is 14.3. The van der Waals surface area contributed by atoms with E-state index < -0.39 is 0 Å². The molecule has 0 aliphatic carbocycles. The SMILES string of the molecule is CCOc1cc(/C=N\NC(=O)c2cc(-c3ccccc3)nc3ccccc23)cc(Br)c1OCc1ccc(Cl)c(Cl)c1. The lowest BCUT2D eigenvalue weighted by Crippen LogP contribution is -2.18. The molecule has 0 fully saturated rings. The highest BCUT2D eigenvalue weighted by Gasteiger charge is 2.15. The number of para-hydroxylation sites is 1. The summed E-state index contributed by atoms with van der Waals surface area (Å²) in [6.07, 6.45) is 1.55. The van der Waals surface area contributed by atoms with Crippen molar-refractivity contribution in [2.75, 3.05) is 6.61 Å². The predicted molar refractivity (Wildman–Crippen MR) is 168 cm³/mol. The summed E-state index contributed by atoms with van der Waals surface area (Å²) >= 11 is 15.7. The van der Waals surface area contributed by atoms with E-state index in [1.165, 1.54) is 0 Å². The highest BCUT2D eigenvalue weighted by atomic mass is 79.9. The molecule has 206 valence electrons. The lowest BCUT2D eigenvalue weighted by molar-refractivity contribution is 0.0956. The summed E-state index contributed by atoms with van der Waals surface area (Å²) in [6.45, 7) is 2.59. The second kappa shape index (κ2) is 13.2. The van der Waals surface area contributed by atoms with Gasteiger partial charge < -0.3 is 9.47 Å². The Morgan fingerprint density at radius 1 is 0.951 bits per heavy atom. The normalized spacial score (nSPS) is 11.1. The van der Waals surface area contributed by atoms with Crippen molar-refractivity contribution >= 4 is 62.2 Å². The van der Waals surface area contributed by atoms with Crippen molar-refractivity contribution < 1.29 is 14.3 Å². The number of hydrogen-bond acceptors (Lipinski definition) is 5. The Labute approximate surface area is 256 Å². The van der Waals surface area contributed by atoms with E-state index in [0.29, 0.717) is 49.4 Å². The average Bonchev–Trinajstić information content (AvgIpc) is 2.98. The van der Waals surface area contributed by atoms with E-state index in [2.05, 4.69) is 26.5 Å². The number of carbonyl (C=O) groups excluding carboxylic acids is 1. The molecule has 1 amide bonds. The van der Waals surface area contributed by atoms with Crippen LogP contribution in [0.15, 0.2) is 101 Å². The van der Waals surface area contributed by atoms with Crippen molar-refractivity contribution in [3.05, 3.63) is 122 Å². The highest BCUT2D eigenvalue weighted by Crippen LogP contribution is 2.37. The summed E-state index contributed by atoms with van der Waals surface area (Å²) in [5, 5.41) is 5.90. The van der Waals surface area contributed by atoms with Gasteiger partial charge in [-0.3, -0.25) is 4.79 Å². The molecule has 0 unspecified atom stereocenters. The molecule has 5 aromatic rings. The van der Waals surface area contributed by atoms with E-state index in [-0.39, 0.29) is 12.5 Å². The lowest BCUT2D eigenvalue weighted by Gasteiger charge is -2.15. The second-order valence-corrected chi connectivity index (χ2v) is 10.6. The fourth-order valence-corrected chi connectivity index (χ4v) is 5.09. The Bertz CT molecular complexity index is 1750. The molecule has 0 spiro atoms. The van der Waals surface area contributed by atoms with E-state index in [4.69, 9.17) is 37.7 Å². The summed E-state index contributed by atoms with van der Waals surface area (Å²) in [7, 11) is 0. The van der Waals surface area contributed by atoms with Gasteiger partial charge in [-0.15, -0.1) is 0 Å². The van der Waals surface area contributed by atoms with Crippen LogP contribution >= 0.6 is 39.1 Å². The number of halogens is 3. The van der Waals surface area contributed by atoms with Crippen LogP contribution in [-0.4, -0.2) is 23.7 Å². The fourth-order valence-electron chi connectivity index (χ4n) is 4.20. The average molecular weight is 649 g/mol. The van der Waals surface area contributed by atoms with E-state index in [1.54, 1.807) is 30.5 Å². The molecule has 0 radical (unpaired) electrons. The highest BCUT2D eigenvalue weighted by molar-refractivity contribution is 9.10. The smallest absolute Gasteiger partial charge is 0.272 e. The molecular weight excluding hydrogens is 625 g/mol. The molecule has 6 nitrogen and oxygen atoms in total. The number of nitrogens with one attached hydrogen (secondary N) is 1. The van der Waals surface area contributed by atoms with Gasteiger partial charge in [0.15, 0.2) is 11.5 Å². The Kier molecular flexibility index (Phi) is 9.19. The molecule has 0 bridgehead atoms. The van der Waals surface area contributed by atoms with Gasteiger partial charge in [-0.25, -0.2) is 10.4 Å². The summed E-state index contributed by atoms with van der Waals surface area (Å²) in [5.41, 5.74) is 7.05. The molecule has 41 heavy (non-hydrogen) atoms. The maximum absolute atomic E-state index is 13.3. The van der Waals surface area contributed by atoms with E-state index in [1.807, 2.05) is 73.7 Å². The third kappa shape index (κ3) is 6.88. The monoisotopic (exact) mass is 647 g/mol. The molecular formula is C32H24BrCl2N3O3. The zero-order valence-corrected chi connectivity index (χ0v) is 25.0. The zero-order valence-electron chi connectivity index (χ0n) is 21.9. The third-order valence-corrected chi connectivity index (χ3v) is 7.44. The van der Waals surface area contributed by atoms with Crippen LogP contribution in [0.4, 0.5) is 0 Å². The number of carbonyl (C=O) groups is 1. The van der Waals surface area contributed by atoms with Crippen LogP contribution in [0.3, 0.4) is 0 Å². The molecule has 0 saturated carbocycles. The third-order valence-electron chi connectivity index (χ3n) is 6.11. The van der Waals surface area contributed by atoms with Gasteiger partial charge in [-0.1, -0.05) is 77.8 Å². The van der Waals surface area contributed by atoms with E-state index in [0.717, 1.165) is 22.0 Å². The van der Waals surface area contributed by atoms with E-state index >= 15 is 0 Å². The minimum absolute atomic E-state index is 0.268. The van der Waals surface area contributed by atoms with Crippen molar-refractivity contribution in [3.8, 4) is 22.8 Å². The van der Waals surface area contributed by atoms with Crippen molar-refractivity contribution in [2.45, 2.75) is 13.5 Å². The number of ether oxygens (including phenoxy) is 2. The lowest BCUT2D eigenvalue weighted by atomic mass is 10.0. The molecule has 1 aromatic heterocycles.